The van der Waals surface area contributed by atoms with E-state index >= 15 is 0 Å². The molecule has 2 rings (SSSR count). The van der Waals surface area contributed by atoms with Gasteiger partial charge in [-0.25, -0.2) is 0 Å². The Morgan fingerprint density at radius 3 is 2.81 bits per heavy atom. The van der Waals surface area contributed by atoms with Crippen LogP contribution < -0.4 is 5.73 Å². The number of aromatic nitrogens is 2. The minimum Gasteiger partial charge on any atom is -0.373 e. The second-order valence-electron chi connectivity index (χ2n) is 4.72. The van der Waals surface area contributed by atoms with Gasteiger partial charge in [-0.1, -0.05) is 12.1 Å². The van der Waals surface area contributed by atoms with Crippen molar-refractivity contribution in [2.24, 2.45) is 11.7 Å². The lowest BCUT2D eigenvalue weighted by Crippen LogP contribution is -2.32. The molecule has 0 amide bonds. The third-order valence-electron chi connectivity index (χ3n) is 3.22. The zero-order valence-electron chi connectivity index (χ0n) is 10.1. The second kappa shape index (κ2) is 4.14. The summed E-state index contributed by atoms with van der Waals surface area (Å²) in [5.74, 6) is 1.67. The van der Waals surface area contributed by atoms with Gasteiger partial charge in [-0.15, -0.1) is 0 Å². The molecular formula is C11H19N3O2. The molecule has 0 bridgehead atoms. The number of hydrogen-bond donors (Lipinski definition) is 1. The van der Waals surface area contributed by atoms with Crippen LogP contribution in [-0.4, -0.2) is 17.3 Å². The van der Waals surface area contributed by atoms with E-state index in [0.717, 1.165) is 6.42 Å². The maximum absolute atomic E-state index is 6.05. The van der Waals surface area contributed by atoms with Crippen molar-refractivity contribution in [2.45, 2.75) is 44.8 Å². The lowest BCUT2D eigenvalue weighted by atomic mass is 10.0. The van der Waals surface area contributed by atoms with Crippen molar-refractivity contribution >= 4 is 0 Å². The minimum absolute atomic E-state index is 0.0369. The first-order valence-electron chi connectivity index (χ1n) is 5.74. The highest BCUT2D eigenvalue weighted by Gasteiger charge is 2.37. The lowest BCUT2D eigenvalue weighted by molar-refractivity contribution is 0.0751. The molecule has 1 saturated carbocycles. The summed E-state index contributed by atoms with van der Waals surface area (Å²) in [6, 6.07) is 0. The molecule has 0 aliphatic heterocycles. The maximum Gasteiger partial charge on any atom is 0.246 e. The summed E-state index contributed by atoms with van der Waals surface area (Å²) in [7, 11) is 1.68. The number of rotatable bonds is 5. The molecule has 5 heteroatoms. The Kier molecular flexibility index (Phi) is 2.99. The smallest absolute Gasteiger partial charge is 0.246 e. The monoisotopic (exact) mass is 225 g/mol. The van der Waals surface area contributed by atoms with Gasteiger partial charge in [0.25, 0.3) is 0 Å². The summed E-state index contributed by atoms with van der Waals surface area (Å²) in [6.07, 6.45) is 3.08. The Labute approximate surface area is 95.3 Å². The number of methoxy groups -OCH3 is 1. The van der Waals surface area contributed by atoms with Crippen molar-refractivity contribution in [1.29, 1.82) is 0 Å². The predicted octanol–water partition coefficient (Wildman–Crippen LogP) is 1.75. The summed E-state index contributed by atoms with van der Waals surface area (Å²) in [5, 5.41) is 3.97. The van der Waals surface area contributed by atoms with Crippen LogP contribution in [0.3, 0.4) is 0 Å². The van der Waals surface area contributed by atoms with Gasteiger partial charge in [0.05, 0.1) is 5.54 Å². The average molecular weight is 225 g/mol. The molecule has 1 aromatic rings. The fourth-order valence-electron chi connectivity index (χ4n) is 1.64. The number of hydrogen-bond acceptors (Lipinski definition) is 5. The van der Waals surface area contributed by atoms with Crippen molar-refractivity contribution in [3.8, 4) is 0 Å². The maximum atomic E-state index is 6.05. The quantitative estimate of drug-likeness (QED) is 0.826. The molecule has 1 aromatic heterocycles. The summed E-state index contributed by atoms with van der Waals surface area (Å²) < 4.78 is 10.6. The molecule has 5 nitrogen and oxygen atoms in total. The number of ether oxygens (including phenoxy) is 1. The molecule has 1 aliphatic rings. The first kappa shape index (κ1) is 11.5. The molecule has 0 spiro atoms. The zero-order valence-corrected chi connectivity index (χ0v) is 10.1. The van der Waals surface area contributed by atoms with E-state index in [2.05, 4.69) is 10.1 Å². The van der Waals surface area contributed by atoms with Crippen molar-refractivity contribution in [3.05, 3.63) is 11.7 Å². The van der Waals surface area contributed by atoms with E-state index in [9.17, 15) is 0 Å². The van der Waals surface area contributed by atoms with E-state index in [1.807, 2.05) is 13.8 Å². The van der Waals surface area contributed by atoms with Crippen LogP contribution in [0.25, 0.3) is 0 Å². The normalized spacial score (nSPS) is 21.8. The van der Waals surface area contributed by atoms with Gasteiger partial charge in [0, 0.05) is 7.11 Å². The van der Waals surface area contributed by atoms with E-state index in [1.54, 1.807) is 7.11 Å². The first-order chi connectivity index (χ1) is 7.58. The van der Waals surface area contributed by atoms with E-state index in [-0.39, 0.29) is 6.10 Å². The average Bonchev–Trinajstić information content (AvgIpc) is 2.96. The SMILES string of the molecule is CCC(C)(N)c1nc(C(OC)C2CC2)no1. The minimum atomic E-state index is -0.549. The lowest BCUT2D eigenvalue weighted by Gasteiger charge is -2.16. The van der Waals surface area contributed by atoms with Crippen LogP contribution in [0, 0.1) is 5.92 Å². The Morgan fingerprint density at radius 2 is 2.31 bits per heavy atom. The van der Waals surface area contributed by atoms with Crippen molar-refractivity contribution in [2.75, 3.05) is 7.11 Å². The van der Waals surface area contributed by atoms with Gasteiger partial charge < -0.3 is 15.0 Å². The summed E-state index contributed by atoms with van der Waals surface area (Å²) in [4.78, 5) is 4.36. The first-order valence-corrected chi connectivity index (χ1v) is 5.74. The predicted molar refractivity (Wildman–Crippen MR) is 58.6 cm³/mol. The van der Waals surface area contributed by atoms with Crippen LogP contribution in [0.15, 0.2) is 4.52 Å². The fraction of sp³-hybridized carbons (Fsp3) is 0.818. The van der Waals surface area contributed by atoms with Gasteiger partial charge in [-0.05, 0) is 32.1 Å². The van der Waals surface area contributed by atoms with E-state index in [0.29, 0.717) is 17.6 Å². The highest BCUT2D eigenvalue weighted by atomic mass is 16.5. The van der Waals surface area contributed by atoms with E-state index in [4.69, 9.17) is 15.0 Å². The van der Waals surface area contributed by atoms with Gasteiger partial charge in [0.2, 0.25) is 11.7 Å². The van der Waals surface area contributed by atoms with Gasteiger partial charge >= 0.3 is 0 Å². The number of nitrogens with zero attached hydrogens (tertiary/aromatic N) is 2. The highest BCUT2D eigenvalue weighted by Crippen LogP contribution is 2.42. The Bertz CT molecular complexity index is 358. The van der Waals surface area contributed by atoms with Crippen LogP contribution in [0.1, 0.15) is 50.9 Å². The number of nitrogens with two attached hydrogens (primary N) is 1. The molecule has 1 aliphatic carbocycles. The Hall–Kier alpha value is -0.940. The molecule has 2 atom stereocenters. The highest BCUT2D eigenvalue weighted by molar-refractivity contribution is 5.03. The molecular weight excluding hydrogens is 206 g/mol. The molecule has 1 fully saturated rings. The van der Waals surface area contributed by atoms with Gasteiger partial charge in [-0.3, -0.25) is 0 Å². The molecule has 2 N–H and O–H groups in total. The summed E-state index contributed by atoms with van der Waals surface area (Å²) >= 11 is 0. The topological polar surface area (TPSA) is 74.2 Å². The molecule has 2 unspecified atom stereocenters. The van der Waals surface area contributed by atoms with E-state index < -0.39 is 5.54 Å². The van der Waals surface area contributed by atoms with Gasteiger partial charge in [0.15, 0.2) is 0 Å². The Morgan fingerprint density at radius 1 is 1.62 bits per heavy atom. The van der Waals surface area contributed by atoms with Crippen molar-refractivity contribution in [1.82, 2.24) is 10.1 Å². The largest absolute Gasteiger partial charge is 0.373 e. The molecule has 90 valence electrons. The van der Waals surface area contributed by atoms with Crippen LogP contribution in [0.5, 0.6) is 0 Å². The standard InChI is InChI=1S/C11H19N3O2/c1-4-11(2,12)10-13-9(14-16-10)8(15-3)7-5-6-7/h7-8H,4-6,12H2,1-3H3. The van der Waals surface area contributed by atoms with Crippen molar-refractivity contribution in [3.63, 3.8) is 0 Å². The summed E-state index contributed by atoms with van der Waals surface area (Å²) in [5.41, 5.74) is 5.50. The van der Waals surface area contributed by atoms with Crippen LogP contribution in [0.2, 0.25) is 0 Å². The van der Waals surface area contributed by atoms with Gasteiger partial charge in [0.1, 0.15) is 6.10 Å². The molecule has 0 saturated heterocycles. The molecule has 1 heterocycles. The third-order valence-corrected chi connectivity index (χ3v) is 3.22. The second-order valence-corrected chi connectivity index (χ2v) is 4.72. The molecule has 0 aromatic carbocycles. The van der Waals surface area contributed by atoms with Gasteiger partial charge in [-0.2, -0.15) is 4.98 Å². The zero-order chi connectivity index (χ0) is 11.8. The fourth-order valence-corrected chi connectivity index (χ4v) is 1.64. The van der Waals surface area contributed by atoms with Crippen LogP contribution >= 0.6 is 0 Å². The molecule has 16 heavy (non-hydrogen) atoms. The van der Waals surface area contributed by atoms with Crippen LogP contribution in [-0.2, 0) is 10.3 Å². The summed E-state index contributed by atoms with van der Waals surface area (Å²) in [6.45, 7) is 3.89. The Balaban J connectivity index is 2.17. The molecule has 0 radical (unpaired) electrons. The third kappa shape index (κ3) is 2.10. The van der Waals surface area contributed by atoms with Crippen LogP contribution in [0.4, 0.5) is 0 Å². The van der Waals surface area contributed by atoms with Crippen molar-refractivity contribution < 1.29 is 9.26 Å². The van der Waals surface area contributed by atoms with E-state index in [1.165, 1.54) is 12.8 Å².